The number of fused-ring (bicyclic) bond motifs is 2. The molecule has 1 aromatic carbocycles. The lowest BCUT2D eigenvalue weighted by atomic mass is 9.95. The molecular formula is C16H18N4O2S. The number of aromatic nitrogens is 1. The van der Waals surface area contributed by atoms with E-state index in [9.17, 15) is 4.79 Å². The van der Waals surface area contributed by atoms with E-state index in [2.05, 4.69) is 15.6 Å². The fourth-order valence-corrected chi connectivity index (χ4v) is 3.97. The summed E-state index contributed by atoms with van der Waals surface area (Å²) < 4.78 is 5.69. The minimum atomic E-state index is -0.124. The first-order chi connectivity index (χ1) is 11.2. The number of ether oxygens (including phenoxy) is 1. The molecule has 1 aromatic heterocycles. The van der Waals surface area contributed by atoms with Gasteiger partial charge in [-0.15, -0.1) is 0 Å². The summed E-state index contributed by atoms with van der Waals surface area (Å²) in [5, 5.41) is 7.61. The molecule has 120 valence electrons. The summed E-state index contributed by atoms with van der Waals surface area (Å²) in [6.45, 7) is 0. The summed E-state index contributed by atoms with van der Waals surface area (Å²) in [5.74, 6) is 0.550. The number of benzene rings is 1. The van der Waals surface area contributed by atoms with E-state index in [0.29, 0.717) is 33.6 Å². The van der Waals surface area contributed by atoms with Crippen LogP contribution >= 0.6 is 11.3 Å². The maximum atomic E-state index is 12.3. The second-order valence-electron chi connectivity index (χ2n) is 6.02. The highest BCUT2D eigenvalue weighted by Crippen LogP contribution is 2.30. The molecule has 6 nitrogen and oxygen atoms in total. The normalized spacial score (nSPS) is 25.5. The number of nitrogens with zero attached hydrogens (tertiary/aromatic N) is 1. The number of carbonyl (C=O) groups is 1. The van der Waals surface area contributed by atoms with Gasteiger partial charge in [0.15, 0.2) is 5.01 Å². The van der Waals surface area contributed by atoms with Crippen molar-refractivity contribution in [1.29, 1.82) is 0 Å². The van der Waals surface area contributed by atoms with Gasteiger partial charge in [-0.3, -0.25) is 4.79 Å². The van der Waals surface area contributed by atoms with E-state index in [1.54, 1.807) is 30.5 Å². The molecular weight excluding hydrogens is 312 g/mol. The topological polar surface area (TPSA) is 89.3 Å². The van der Waals surface area contributed by atoms with Gasteiger partial charge in [-0.25, -0.2) is 4.98 Å². The van der Waals surface area contributed by atoms with E-state index in [-0.39, 0.29) is 11.9 Å². The van der Waals surface area contributed by atoms with Crippen molar-refractivity contribution in [3.8, 4) is 10.8 Å². The number of carbonyl (C=O) groups excluding carboxylic acids is 1. The van der Waals surface area contributed by atoms with Crippen LogP contribution in [0.5, 0.6) is 10.8 Å². The minimum absolute atomic E-state index is 0.124. The summed E-state index contributed by atoms with van der Waals surface area (Å²) in [6.07, 6.45) is 4.94. The number of hydrogen-bond donors (Lipinski definition) is 3. The van der Waals surface area contributed by atoms with Crippen molar-refractivity contribution >= 4 is 22.9 Å². The Kier molecular flexibility index (Phi) is 3.66. The van der Waals surface area contributed by atoms with E-state index in [1.807, 2.05) is 0 Å². The average Bonchev–Trinajstić information content (AvgIpc) is 3.26. The smallest absolute Gasteiger partial charge is 0.280 e. The summed E-state index contributed by atoms with van der Waals surface area (Å²) in [7, 11) is 0. The zero-order chi connectivity index (χ0) is 15.8. The van der Waals surface area contributed by atoms with E-state index >= 15 is 0 Å². The average molecular weight is 330 g/mol. The lowest BCUT2D eigenvalue weighted by molar-refractivity contribution is 0.0930. The maximum absolute atomic E-state index is 12.3. The van der Waals surface area contributed by atoms with E-state index in [1.165, 1.54) is 17.8 Å². The molecule has 2 aliphatic heterocycles. The van der Waals surface area contributed by atoms with Crippen LogP contribution in [-0.2, 0) is 0 Å². The molecule has 2 aromatic rings. The van der Waals surface area contributed by atoms with Crippen molar-refractivity contribution in [1.82, 2.24) is 15.6 Å². The Morgan fingerprint density at radius 2 is 2.17 bits per heavy atom. The Morgan fingerprint density at radius 1 is 1.35 bits per heavy atom. The number of nitrogen functional groups attached to an aromatic ring is 1. The fourth-order valence-electron chi connectivity index (χ4n) is 3.28. The lowest BCUT2D eigenvalue weighted by Crippen LogP contribution is -2.42. The highest BCUT2D eigenvalue weighted by Gasteiger charge is 2.39. The number of anilines is 1. The van der Waals surface area contributed by atoms with Crippen molar-refractivity contribution in [3.63, 3.8) is 0 Å². The lowest BCUT2D eigenvalue weighted by Gasteiger charge is -2.20. The van der Waals surface area contributed by atoms with Crippen LogP contribution in [0.25, 0.3) is 0 Å². The van der Waals surface area contributed by atoms with Gasteiger partial charge < -0.3 is 21.1 Å². The summed E-state index contributed by atoms with van der Waals surface area (Å²) in [6, 6.07) is 8.30. The molecule has 3 atom stereocenters. The maximum Gasteiger partial charge on any atom is 0.280 e. The zero-order valence-corrected chi connectivity index (χ0v) is 13.3. The molecule has 4 rings (SSSR count). The molecule has 0 aliphatic carbocycles. The highest BCUT2D eigenvalue weighted by atomic mass is 32.1. The Bertz CT molecular complexity index is 715. The van der Waals surface area contributed by atoms with Gasteiger partial charge in [0.05, 0.1) is 6.20 Å². The molecule has 7 heteroatoms. The molecule has 2 bridgehead atoms. The monoisotopic (exact) mass is 330 g/mol. The number of nitrogens with two attached hydrogens (primary N) is 1. The Morgan fingerprint density at radius 3 is 2.87 bits per heavy atom. The van der Waals surface area contributed by atoms with Crippen LogP contribution in [-0.4, -0.2) is 29.0 Å². The minimum Gasteiger partial charge on any atom is -0.445 e. The molecule has 1 amide bonds. The number of rotatable bonds is 4. The van der Waals surface area contributed by atoms with Crippen molar-refractivity contribution in [2.75, 3.05) is 5.73 Å². The molecule has 3 heterocycles. The molecule has 2 aliphatic rings. The van der Waals surface area contributed by atoms with Gasteiger partial charge in [0.1, 0.15) is 5.75 Å². The molecule has 2 fully saturated rings. The van der Waals surface area contributed by atoms with Gasteiger partial charge in [-0.2, -0.15) is 0 Å². The predicted molar refractivity (Wildman–Crippen MR) is 88.9 cm³/mol. The molecule has 0 unspecified atom stereocenters. The van der Waals surface area contributed by atoms with Gasteiger partial charge in [0.25, 0.3) is 5.91 Å². The van der Waals surface area contributed by atoms with Crippen LogP contribution < -0.4 is 21.1 Å². The second kappa shape index (κ2) is 5.82. The molecule has 0 radical (unpaired) electrons. The van der Waals surface area contributed by atoms with E-state index < -0.39 is 0 Å². The van der Waals surface area contributed by atoms with Crippen molar-refractivity contribution in [2.24, 2.45) is 0 Å². The quantitative estimate of drug-likeness (QED) is 0.747. The van der Waals surface area contributed by atoms with Gasteiger partial charge in [-0.1, -0.05) is 11.3 Å². The Balaban J connectivity index is 1.39. The predicted octanol–water partition coefficient (Wildman–Crippen LogP) is 2.14. The third-order valence-electron chi connectivity index (χ3n) is 4.39. The van der Waals surface area contributed by atoms with Crippen LogP contribution in [0.4, 0.5) is 5.69 Å². The van der Waals surface area contributed by atoms with Crippen LogP contribution in [0.3, 0.4) is 0 Å². The van der Waals surface area contributed by atoms with E-state index in [4.69, 9.17) is 10.5 Å². The molecule has 0 spiro atoms. The summed E-state index contributed by atoms with van der Waals surface area (Å²) in [4.78, 5) is 16.5. The first kappa shape index (κ1) is 14.5. The largest absolute Gasteiger partial charge is 0.445 e. The number of thiazole rings is 1. The molecule has 23 heavy (non-hydrogen) atoms. The van der Waals surface area contributed by atoms with Gasteiger partial charge in [0.2, 0.25) is 5.06 Å². The van der Waals surface area contributed by atoms with Gasteiger partial charge in [0, 0.05) is 23.8 Å². The summed E-state index contributed by atoms with van der Waals surface area (Å²) >= 11 is 1.25. The summed E-state index contributed by atoms with van der Waals surface area (Å²) in [5.41, 5.74) is 6.33. The molecule has 2 saturated heterocycles. The Labute approximate surface area is 138 Å². The number of nitrogens with one attached hydrogen (secondary N) is 2. The third kappa shape index (κ3) is 3.02. The third-order valence-corrected chi connectivity index (χ3v) is 5.27. The Hall–Kier alpha value is -2.12. The first-order valence-corrected chi connectivity index (χ1v) is 8.55. The number of amides is 1. The van der Waals surface area contributed by atoms with Gasteiger partial charge in [-0.05, 0) is 43.5 Å². The standard InChI is InChI=1S/C16H18N4O2S/c17-9-1-4-11(5-2-9)22-14-8-18-16(23-14)15(21)20-13-7-10-3-6-12(13)19-10/h1-2,4-5,8,10,12-13,19H,3,6-7,17H2,(H,20,21)/t10-,12+,13-/m1/s1. The number of hydrogen-bond acceptors (Lipinski definition) is 6. The van der Waals surface area contributed by atoms with Crippen molar-refractivity contribution in [3.05, 3.63) is 35.5 Å². The van der Waals surface area contributed by atoms with Gasteiger partial charge >= 0.3 is 0 Å². The first-order valence-electron chi connectivity index (χ1n) is 7.73. The van der Waals surface area contributed by atoms with Crippen molar-refractivity contribution in [2.45, 2.75) is 37.4 Å². The molecule has 4 N–H and O–H groups in total. The fraction of sp³-hybridized carbons (Fsp3) is 0.375. The SMILES string of the molecule is Nc1ccc(Oc2cnc(C(=O)N[C@@H]3C[C@H]4CC[C@@H]3N4)s2)cc1. The second-order valence-corrected chi connectivity index (χ2v) is 7.01. The van der Waals surface area contributed by atoms with Crippen LogP contribution in [0.2, 0.25) is 0 Å². The van der Waals surface area contributed by atoms with Crippen LogP contribution in [0.15, 0.2) is 30.5 Å². The van der Waals surface area contributed by atoms with E-state index in [0.717, 1.165) is 12.8 Å². The van der Waals surface area contributed by atoms with Crippen LogP contribution in [0.1, 0.15) is 29.1 Å². The van der Waals surface area contributed by atoms with Crippen LogP contribution in [0, 0.1) is 0 Å². The van der Waals surface area contributed by atoms with Crippen molar-refractivity contribution < 1.29 is 9.53 Å². The molecule has 0 saturated carbocycles. The zero-order valence-electron chi connectivity index (χ0n) is 12.5. The highest BCUT2D eigenvalue weighted by molar-refractivity contribution is 7.15.